The van der Waals surface area contributed by atoms with E-state index >= 15 is 0 Å². The second-order valence-electron chi connectivity index (χ2n) is 1.19. The molecule has 0 aliphatic rings. The van der Waals surface area contributed by atoms with Gasteiger partial charge in [-0.1, -0.05) is 0 Å². The van der Waals surface area contributed by atoms with Gasteiger partial charge >= 0.3 is 12.1 Å². The van der Waals surface area contributed by atoms with Crippen LogP contribution in [0.5, 0.6) is 0 Å². The van der Waals surface area contributed by atoms with Crippen molar-refractivity contribution in [3.63, 3.8) is 0 Å². The molecule has 0 heterocycles. The molecule has 0 aromatic rings. The Bertz CT molecular complexity index is 99.7. The molecule has 0 amide bonds. The van der Waals surface area contributed by atoms with E-state index in [4.69, 9.17) is 5.11 Å². The number of alkyl halides is 3. The zero-order valence-electron chi connectivity index (χ0n) is 4.00. The van der Waals surface area contributed by atoms with Gasteiger partial charge in [0.1, 0.15) is 6.42 Å². The van der Waals surface area contributed by atoms with Crippen LogP contribution < -0.4 is 0 Å². The van der Waals surface area contributed by atoms with E-state index in [-0.39, 0.29) is 22.4 Å². The average molecular weight is 236 g/mol. The van der Waals surface area contributed by atoms with Crippen LogP contribution in [0.25, 0.3) is 0 Å². The first-order chi connectivity index (χ1) is 3.42. The molecule has 0 atom stereocenters. The fraction of sp³-hybridized carbons (Fsp3) is 0.667. The molecule has 0 rings (SSSR count). The summed E-state index contributed by atoms with van der Waals surface area (Å²) in [4.78, 5) is 9.29. The minimum absolute atomic E-state index is 0. The van der Waals surface area contributed by atoms with Gasteiger partial charge in [0.2, 0.25) is 0 Å². The van der Waals surface area contributed by atoms with Crippen molar-refractivity contribution in [3.05, 3.63) is 0 Å². The Morgan fingerprint density at radius 3 is 1.78 bits per heavy atom. The Hall–Kier alpha value is 0.000260. The summed E-state index contributed by atoms with van der Waals surface area (Å²) in [5.41, 5.74) is 0. The first kappa shape index (κ1) is 11.8. The summed E-state index contributed by atoms with van der Waals surface area (Å²) in [6, 6.07) is 0. The number of carbonyl (C=O) groups is 1. The number of halogens is 3. The third-order valence-corrected chi connectivity index (χ3v) is 0.352. The van der Waals surface area contributed by atoms with Crippen LogP contribution in [0.1, 0.15) is 6.42 Å². The van der Waals surface area contributed by atoms with Crippen molar-refractivity contribution in [3.8, 4) is 0 Å². The Kier molecular flexibility index (Phi) is 5.12. The molecule has 1 radical (unpaired) electrons. The third-order valence-electron chi connectivity index (χ3n) is 0.352. The van der Waals surface area contributed by atoms with Crippen LogP contribution in [0.15, 0.2) is 0 Å². The minimum atomic E-state index is -4.58. The van der Waals surface area contributed by atoms with E-state index in [1.165, 1.54) is 0 Å². The molecule has 2 nitrogen and oxygen atoms in total. The largest absolute Gasteiger partial charge is 0.481 e. The predicted molar refractivity (Wildman–Crippen MR) is 18.3 cm³/mol. The number of rotatable bonds is 1. The molecule has 0 aromatic carbocycles. The molecule has 0 fully saturated rings. The van der Waals surface area contributed by atoms with Crippen molar-refractivity contribution in [2.45, 2.75) is 12.6 Å². The summed E-state index contributed by atoms with van der Waals surface area (Å²) < 4.78 is 32.8. The van der Waals surface area contributed by atoms with E-state index in [0.29, 0.717) is 0 Å². The average Bonchev–Trinajstić information content (AvgIpc) is 1.21. The minimum Gasteiger partial charge on any atom is -0.481 e. The normalized spacial score (nSPS) is 10.1. The first-order valence-electron chi connectivity index (χ1n) is 1.70. The summed E-state index contributed by atoms with van der Waals surface area (Å²) in [5, 5.41) is 7.53. The molecule has 0 saturated carbocycles. The van der Waals surface area contributed by atoms with Gasteiger partial charge in [0.25, 0.3) is 0 Å². The van der Waals surface area contributed by atoms with Crippen LogP contribution in [-0.2, 0) is 27.2 Å². The molecule has 0 bridgehead atoms. The maximum absolute atomic E-state index is 10.9. The topological polar surface area (TPSA) is 37.3 Å². The fourth-order valence-corrected chi connectivity index (χ4v) is 0.171. The molecule has 6 heteroatoms. The van der Waals surface area contributed by atoms with Crippen LogP contribution in [-0.4, -0.2) is 17.3 Å². The van der Waals surface area contributed by atoms with Gasteiger partial charge in [-0.25, -0.2) is 0 Å². The Morgan fingerprint density at radius 2 is 1.78 bits per heavy atom. The van der Waals surface area contributed by atoms with E-state index in [1.54, 1.807) is 0 Å². The smallest absolute Gasteiger partial charge is 0.399 e. The van der Waals surface area contributed by atoms with Gasteiger partial charge in [-0.05, 0) is 0 Å². The maximum atomic E-state index is 10.9. The van der Waals surface area contributed by atoms with Gasteiger partial charge in [0.15, 0.2) is 0 Å². The second-order valence-corrected chi connectivity index (χ2v) is 1.19. The molecule has 59 valence electrons. The van der Waals surface area contributed by atoms with E-state index in [1.807, 2.05) is 0 Å². The van der Waals surface area contributed by atoms with Crippen LogP contribution in [0, 0.1) is 0 Å². The monoisotopic (exact) mass is 235 g/mol. The molecule has 0 aromatic heterocycles. The van der Waals surface area contributed by atoms with Crippen molar-refractivity contribution >= 4 is 5.97 Å². The van der Waals surface area contributed by atoms with Gasteiger partial charge < -0.3 is 5.11 Å². The Labute approximate surface area is 64.6 Å². The van der Waals surface area contributed by atoms with Crippen molar-refractivity contribution in [2.24, 2.45) is 0 Å². The third kappa shape index (κ3) is 11.5. The molecule has 0 spiro atoms. The van der Waals surface area contributed by atoms with E-state index in [2.05, 4.69) is 0 Å². The summed E-state index contributed by atoms with van der Waals surface area (Å²) >= 11 is 0. The molecular formula is C3H3AgF3O2. The van der Waals surface area contributed by atoms with Crippen LogP contribution in [0.4, 0.5) is 13.2 Å². The van der Waals surface area contributed by atoms with E-state index in [9.17, 15) is 18.0 Å². The summed E-state index contributed by atoms with van der Waals surface area (Å²) in [6.45, 7) is 0. The number of carboxylic acid groups (broad SMARTS) is 1. The number of hydrogen-bond donors (Lipinski definition) is 1. The Morgan fingerprint density at radius 1 is 1.44 bits per heavy atom. The molecular weight excluding hydrogens is 233 g/mol. The predicted octanol–water partition coefficient (Wildman–Crippen LogP) is 1.02. The summed E-state index contributed by atoms with van der Waals surface area (Å²) in [5.74, 6) is -1.85. The Balaban J connectivity index is 0. The van der Waals surface area contributed by atoms with E-state index < -0.39 is 18.6 Å². The fourth-order valence-electron chi connectivity index (χ4n) is 0.171. The van der Waals surface area contributed by atoms with Crippen LogP contribution in [0.3, 0.4) is 0 Å². The summed E-state index contributed by atoms with van der Waals surface area (Å²) in [7, 11) is 0. The van der Waals surface area contributed by atoms with Gasteiger partial charge in [0, 0.05) is 22.4 Å². The van der Waals surface area contributed by atoms with E-state index in [0.717, 1.165) is 0 Å². The number of aliphatic carboxylic acids is 1. The van der Waals surface area contributed by atoms with Gasteiger partial charge in [-0.2, -0.15) is 13.2 Å². The van der Waals surface area contributed by atoms with Crippen molar-refractivity contribution in [1.82, 2.24) is 0 Å². The maximum Gasteiger partial charge on any atom is 0.399 e. The molecule has 9 heavy (non-hydrogen) atoms. The SMILES string of the molecule is O=C(O)CC(F)(F)F.[Ag]. The van der Waals surface area contributed by atoms with Crippen molar-refractivity contribution < 1.29 is 45.5 Å². The van der Waals surface area contributed by atoms with Gasteiger partial charge in [-0.15, -0.1) is 0 Å². The molecule has 0 saturated heterocycles. The second kappa shape index (κ2) is 3.92. The number of carboxylic acids is 1. The molecule has 1 N–H and O–H groups in total. The van der Waals surface area contributed by atoms with Crippen LogP contribution >= 0.6 is 0 Å². The molecule has 0 aliphatic heterocycles. The van der Waals surface area contributed by atoms with Gasteiger partial charge in [-0.3, -0.25) is 4.79 Å². The number of hydrogen-bond acceptors (Lipinski definition) is 1. The zero-order valence-corrected chi connectivity index (χ0v) is 5.48. The van der Waals surface area contributed by atoms with Gasteiger partial charge in [0.05, 0.1) is 0 Å². The van der Waals surface area contributed by atoms with Crippen molar-refractivity contribution in [2.75, 3.05) is 0 Å². The quantitative estimate of drug-likeness (QED) is 0.690. The molecule has 0 unspecified atom stereocenters. The molecule has 0 aliphatic carbocycles. The van der Waals surface area contributed by atoms with Crippen molar-refractivity contribution in [1.29, 1.82) is 0 Å². The first-order valence-corrected chi connectivity index (χ1v) is 1.70. The summed E-state index contributed by atoms with van der Waals surface area (Å²) in [6.07, 6.45) is -6.33. The van der Waals surface area contributed by atoms with Crippen LogP contribution in [0.2, 0.25) is 0 Å². The standard InChI is InChI=1S/C3H3F3O2.Ag/c4-3(5,6)1-2(7)8;/h1H2,(H,7,8);. The zero-order chi connectivity index (χ0) is 6.78.